The number of amides is 3. The number of methoxy groups -OCH3 is 3. The highest BCUT2D eigenvalue weighted by Gasteiger charge is 2.58. The molecule has 8 heteroatoms. The standard InChI is InChI=1S/C30H39N3O5/c1-36-24-18-26(37-2)25(27(19-24)38-3)21-31-16-14-30(15-17-31)28(34)32(20-22-10-6-4-7-11-22)29(35)33(30)23-12-8-5-9-13-23/h5,8-9,12-13,18-19,22H,4,6-7,10-11,14-17,20-21H2,1-3H3. The quantitative estimate of drug-likeness (QED) is 0.451. The summed E-state index contributed by atoms with van der Waals surface area (Å²) in [6.45, 7) is 2.51. The third-order valence-corrected chi connectivity index (χ3v) is 8.56. The van der Waals surface area contributed by atoms with Gasteiger partial charge in [0.05, 0.1) is 26.9 Å². The van der Waals surface area contributed by atoms with Crippen LogP contribution in [0.15, 0.2) is 42.5 Å². The maximum Gasteiger partial charge on any atom is 0.332 e. The van der Waals surface area contributed by atoms with Crippen LogP contribution < -0.4 is 19.1 Å². The first-order chi connectivity index (χ1) is 18.5. The Labute approximate surface area is 225 Å². The molecule has 2 saturated heterocycles. The fraction of sp³-hybridized carbons (Fsp3) is 0.533. The van der Waals surface area contributed by atoms with Crippen molar-refractivity contribution in [2.24, 2.45) is 5.92 Å². The molecule has 0 aromatic heterocycles. The Kier molecular flexibility index (Phi) is 7.79. The number of hydrogen-bond acceptors (Lipinski definition) is 6. The lowest BCUT2D eigenvalue weighted by atomic mass is 9.84. The minimum atomic E-state index is -0.850. The summed E-state index contributed by atoms with van der Waals surface area (Å²) >= 11 is 0. The molecule has 3 fully saturated rings. The number of imide groups is 1. The maximum absolute atomic E-state index is 14.1. The van der Waals surface area contributed by atoms with Crippen LogP contribution in [-0.4, -0.2) is 68.2 Å². The van der Waals surface area contributed by atoms with Gasteiger partial charge in [-0.15, -0.1) is 0 Å². The van der Waals surface area contributed by atoms with Crippen molar-refractivity contribution >= 4 is 17.6 Å². The molecule has 5 rings (SSSR count). The van der Waals surface area contributed by atoms with Gasteiger partial charge in [0.2, 0.25) is 0 Å². The average molecular weight is 522 g/mol. The van der Waals surface area contributed by atoms with Gasteiger partial charge < -0.3 is 14.2 Å². The molecular weight excluding hydrogens is 482 g/mol. The van der Waals surface area contributed by atoms with Crippen molar-refractivity contribution in [3.63, 3.8) is 0 Å². The number of anilines is 1. The third kappa shape index (κ3) is 4.82. The summed E-state index contributed by atoms with van der Waals surface area (Å²) in [6, 6.07) is 13.2. The highest BCUT2D eigenvalue weighted by molar-refractivity contribution is 6.17. The van der Waals surface area contributed by atoms with Crippen molar-refractivity contribution < 1.29 is 23.8 Å². The third-order valence-electron chi connectivity index (χ3n) is 8.56. The minimum absolute atomic E-state index is 0.0313. The van der Waals surface area contributed by atoms with Gasteiger partial charge in [-0.3, -0.25) is 19.5 Å². The fourth-order valence-corrected chi connectivity index (χ4v) is 6.44. The maximum atomic E-state index is 14.1. The number of hydrogen-bond donors (Lipinski definition) is 0. The van der Waals surface area contributed by atoms with Crippen LogP contribution in [0.1, 0.15) is 50.5 Å². The average Bonchev–Trinajstić information content (AvgIpc) is 3.16. The lowest BCUT2D eigenvalue weighted by Crippen LogP contribution is -2.56. The molecule has 0 radical (unpaired) electrons. The van der Waals surface area contributed by atoms with E-state index in [0.717, 1.165) is 24.1 Å². The summed E-state index contributed by atoms with van der Waals surface area (Å²) in [6.07, 6.45) is 6.95. The topological polar surface area (TPSA) is 71.6 Å². The van der Waals surface area contributed by atoms with E-state index in [-0.39, 0.29) is 11.9 Å². The zero-order chi connectivity index (χ0) is 26.7. The Morgan fingerprint density at radius 3 is 2.08 bits per heavy atom. The van der Waals surface area contributed by atoms with E-state index in [1.165, 1.54) is 19.3 Å². The zero-order valence-electron chi connectivity index (χ0n) is 22.8. The fourth-order valence-electron chi connectivity index (χ4n) is 6.44. The lowest BCUT2D eigenvalue weighted by Gasteiger charge is -2.42. The van der Waals surface area contributed by atoms with Gasteiger partial charge >= 0.3 is 6.03 Å². The summed E-state index contributed by atoms with van der Waals surface area (Å²) in [4.78, 5) is 33.6. The first-order valence-corrected chi connectivity index (χ1v) is 13.7. The van der Waals surface area contributed by atoms with Crippen LogP contribution in [0.2, 0.25) is 0 Å². The van der Waals surface area contributed by atoms with Crippen LogP contribution in [0.4, 0.5) is 10.5 Å². The Balaban J connectivity index is 1.38. The van der Waals surface area contributed by atoms with E-state index in [4.69, 9.17) is 14.2 Å². The van der Waals surface area contributed by atoms with Crippen LogP contribution in [0.25, 0.3) is 0 Å². The molecule has 1 spiro atoms. The monoisotopic (exact) mass is 521 g/mol. The van der Waals surface area contributed by atoms with Crippen molar-refractivity contribution in [3.8, 4) is 17.2 Å². The summed E-state index contributed by atoms with van der Waals surface area (Å²) in [5, 5.41) is 0. The van der Waals surface area contributed by atoms with Gasteiger partial charge in [-0.25, -0.2) is 4.79 Å². The Morgan fingerprint density at radius 1 is 0.868 bits per heavy atom. The van der Waals surface area contributed by atoms with E-state index >= 15 is 0 Å². The first-order valence-electron chi connectivity index (χ1n) is 13.7. The van der Waals surface area contributed by atoms with E-state index in [1.54, 1.807) is 31.1 Å². The summed E-state index contributed by atoms with van der Waals surface area (Å²) in [7, 11) is 4.91. The van der Waals surface area contributed by atoms with Crippen molar-refractivity contribution in [2.75, 3.05) is 45.9 Å². The molecule has 2 heterocycles. The molecule has 0 atom stereocenters. The molecule has 3 aliphatic rings. The number of rotatable bonds is 8. The second-order valence-electron chi connectivity index (χ2n) is 10.7. The molecule has 2 aromatic carbocycles. The van der Waals surface area contributed by atoms with E-state index in [1.807, 2.05) is 42.5 Å². The second-order valence-corrected chi connectivity index (χ2v) is 10.7. The zero-order valence-corrected chi connectivity index (χ0v) is 22.8. The molecule has 2 aliphatic heterocycles. The van der Waals surface area contributed by atoms with Crippen molar-refractivity contribution in [1.29, 1.82) is 0 Å². The van der Waals surface area contributed by atoms with Crippen LogP contribution in [0.5, 0.6) is 17.2 Å². The molecular formula is C30H39N3O5. The van der Waals surface area contributed by atoms with E-state index in [0.29, 0.717) is 62.2 Å². The molecule has 0 bridgehead atoms. The number of piperidine rings is 1. The first kappa shape index (κ1) is 26.4. The normalized spacial score (nSPS) is 20.3. The van der Waals surface area contributed by atoms with Gasteiger partial charge in [0.15, 0.2) is 0 Å². The van der Waals surface area contributed by atoms with Crippen molar-refractivity contribution in [1.82, 2.24) is 9.80 Å². The lowest BCUT2D eigenvalue weighted by molar-refractivity contribution is -0.133. The highest BCUT2D eigenvalue weighted by atomic mass is 16.5. The number of urea groups is 1. The minimum Gasteiger partial charge on any atom is -0.496 e. The summed E-state index contributed by atoms with van der Waals surface area (Å²) in [5.74, 6) is 2.46. The van der Waals surface area contributed by atoms with Gasteiger partial charge in [0.1, 0.15) is 22.8 Å². The molecule has 1 aliphatic carbocycles. The molecule has 0 N–H and O–H groups in total. The molecule has 204 valence electrons. The van der Waals surface area contributed by atoms with E-state index in [2.05, 4.69) is 4.90 Å². The van der Waals surface area contributed by atoms with Gasteiger partial charge in [-0.2, -0.15) is 0 Å². The van der Waals surface area contributed by atoms with E-state index < -0.39 is 5.54 Å². The molecule has 0 unspecified atom stereocenters. The number of carbonyl (C=O) groups is 2. The Bertz CT molecular complexity index is 1110. The van der Waals surface area contributed by atoms with Gasteiger partial charge in [0.25, 0.3) is 5.91 Å². The van der Waals surface area contributed by atoms with E-state index in [9.17, 15) is 9.59 Å². The number of likely N-dealkylation sites (tertiary alicyclic amines) is 1. The van der Waals surface area contributed by atoms with Crippen LogP contribution in [-0.2, 0) is 11.3 Å². The highest BCUT2D eigenvalue weighted by Crippen LogP contribution is 2.43. The number of ether oxygens (including phenoxy) is 3. The molecule has 2 aromatic rings. The largest absolute Gasteiger partial charge is 0.496 e. The molecule has 3 amide bonds. The van der Waals surface area contributed by atoms with Gasteiger partial charge in [0, 0.05) is 44.0 Å². The Hall–Kier alpha value is -3.26. The molecule has 1 saturated carbocycles. The molecule has 8 nitrogen and oxygen atoms in total. The number of nitrogens with zero attached hydrogens (tertiary/aromatic N) is 3. The smallest absolute Gasteiger partial charge is 0.332 e. The second kappa shape index (κ2) is 11.2. The van der Waals surface area contributed by atoms with Gasteiger partial charge in [-0.05, 0) is 43.7 Å². The number of carbonyl (C=O) groups excluding carboxylic acids is 2. The van der Waals surface area contributed by atoms with Crippen molar-refractivity contribution in [2.45, 2.75) is 57.0 Å². The van der Waals surface area contributed by atoms with Crippen LogP contribution in [0.3, 0.4) is 0 Å². The van der Waals surface area contributed by atoms with Crippen LogP contribution >= 0.6 is 0 Å². The number of benzene rings is 2. The SMILES string of the molecule is COc1cc(OC)c(CN2CCC3(CC2)C(=O)N(CC2CCCCC2)C(=O)N3c2ccccc2)c(OC)c1. The van der Waals surface area contributed by atoms with Crippen molar-refractivity contribution in [3.05, 3.63) is 48.0 Å². The summed E-state index contributed by atoms with van der Waals surface area (Å²) < 4.78 is 16.7. The molecule has 38 heavy (non-hydrogen) atoms. The summed E-state index contributed by atoms with van der Waals surface area (Å²) in [5.41, 5.74) is 0.890. The predicted molar refractivity (Wildman–Crippen MR) is 146 cm³/mol. The number of para-hydroxylation sites is 1. The van der Waals surface area contributed by atoms with Gasteiger partial charge in [-0.1, -0.05) is 37.5 Å². The predicted octanol–water partition coefficient (Wildman–Crippen LogP) is 5.10. The van der Waals surface area contributed by atoms with Crippen LogP contribution in [0, 0.1) is 5.92 Å². The Morgan fingerprint density at radius 2 is 1.50 bits per heavy atom.